The maximum atomic E-state index is 13.0. The Morgan fingerprint density at radius 1 is 1.19 bits per heavy atom. The average molecular weight is 393 g/mol. The quantitative estimate of drug-likeness (QED) is 0.871. The third-order valence-corrected chi connectivity index (χ3v) is 5.49. The first-order valence-corrected chi connectivity index (χ1v) is 9.02. The van der Waals surface area contributed by atoms with E-state index in [0.717, 1.165) is 11.3 Å². The van der Waals surface area contributed by atoms with Gasteiger partial charge in [-0.2, -0.15) is 0 Å². The molecule has 1 saturated heterocycles. The summed E-state index contributed by atoms with van der Waals surface area (Å²) < 4.78 is 5.86. The second-order valence-corrected chi connectivity index (χ2v) is 7.26. The number of carbonyl (C=O) groups is 1. The van der Waals surface area contributed by atoms with Gasteiger partial charge in [0.15, 0.2) is 6.10 Å². The Hall–Kier alpha value is -1.75. The first kappa shape index (κ1) is 19.0. The molecule has 0 aliphatic carbocycles. The van der Waals surface area contributed by atoms with Crippen LogP contribution in [0.25, 0.3) is 0 Å². The van der Waals surface area contributed by atoms with Gasteiger partial charge in [0.25, 0.3) is 5.91 Å². The minimum absolute atomic E-state index is 0. The minimum atomic E-state index is -0.457. The fourth-order valence-corrected chi connectivity index (χ4v) is 4.12. The molecule has 0 radical (unpaired) electrons. The highest BCUT2D eigenvalue weighted by atomic mass is 35.5. The molecule has 0 aromatic heterocycles. The van der Waals surface area contributed by atoms with E-state index in [1.807, 2.05) is 35.2 Å². The molecule has 2 aliphatic rings. The van der Waals surface area contributed by atoms with E-state index in [4.69, 9.17) is 22.1 Å². The number of amides is 1. The summed E-state index contributed by atoms with van der Waals surface area (Å²) in [5, 5.41) is 0.670. The van der Waals surface area contributed by atoms with Crippen LogP contribution in [0, 0.1) is 5.92 Å². The fraction of sp³-hybridized carbons (Fsp3) is 0.350. The summed E-state index contributed by atoms with van der Waals surface area (Å²) in [7, 11) is 0. The molecule has 2 aromatic carbocycles. The number of nitrogens with zero attached hydrogens (tertiary/aromatic N) is 1. The van der Waals surface area contributed by atoms with E-state index >= 15 is 0 Å². The Labute approximate surface area is 164 Å². The van der Waals surface area contributed by atoms with Crippen molar-refractivity contribution < 1.29 is 9.53 Å². The average Bonchev–Trinajstić information content (AvgIpc) is 3.25. The van der Waals surface area contributed by atoms with Crippen LogP contribution in [0.1, 0.15) is 17.0 Å². The Balaban J connectivity index is 0.00000196. The van der Waals surface area contributed by atoms with Crippen LogP contribution in [0.3, 0.4) is 0 Å². The van der Waals surface area contributed by atoms with E-state index in [0.29, 0.717) is 31.1 Å². The van der Waals surface area contributed by atoms with Crippen molar-refractivity contribution in [2.45, 2.75) is 18.4 Å². The summed E-state index contributed by atoms with van der Waals surface area (Å²) in [6.07, 6.45) is 0.121. The highest BCUT2D eigenvalue weighted by Crippen LogP contribution is 2.35. The number of hydrogen-bond acceptors (Lipinski definition) is 3. The summed E-state index contributed by atoms with van der Waals surface area (Å²) in [5.41, 5.74) is 8.23. The van der Waals surface area contributed by atoms with Crippen molar-refractivity contribution in [1.29, 1.82) is 0 Å². The highest BCUT2D eigenvalue weighted by molar-refractivity contribution is 6.30. The van der Waals surface area contributed by atoms with Crippen LogP contribution in [-0.2, 0) is 11.2 Å². The number of halogens is 2. The zero-order valence-electron chi connectivity index (χ0n) is 14.3. The molecule has 138 valence electrons. The Bertz CT molecular complexity index is 785. The molecule has 1 fully saturated rings. The van der Waals surface area contributed by atoms with Crippen molar-refractivity contribution in [3.05, 3.63) is 64.7 Å². The number of benzene rings is 2. The maximum Gasteiger partial charge on any atom is 0.264 e. The Morgan fingerprint density at radius 2 is 1.96 bits per heavy atom. The predicted octanol–water partition coefficient (Wildman–Crippen LogP) is 3.27. The first-order chi connectivity index (χ1) is 12.2. The van der Waals surface area contributed by atoms with Gasteiger partial charge in [0, 0.05) is 30.5 Å². The van der Waals surface area contributed by atoms with Gasteiger partial charge in [-0.25, -0.2) is 0 Å². The first-order valence-electron chi connectivity index (χ1n) is 8.64. The lowest BCUT2D eigenvalue weighted by Gasteiger charge is -2.20. The third kappa shape index (κ3) is 3.54. The molecule has 3 atom stereocenters. The van der Waals surface area contributed by atoms with E-state index in [1.165, 1.54) is 5.56 Å². The van der Waals surface area contributed by atoms with E-state index in [1.54, 1.807) is 6.07 Å². The summed E-state index contributed by atoms with van der Waals surface area (Å²) in [5.74, 6) is 1.37. The number of hydrogen-bond donors (Lipinski definition) is 1. The van der Waals surface area contributed by atoms with Gasteiger partial charge in [-0.15, -0.1) is 12.4 Å². The summed E-state index contributed by atoms with van der Waals surface area (Å²) >= 11 is 6.04. The molecule has 2 heterocycles. The number of likely N-dealkylation sites (tertiary alicyclic amines) is 1. The molecule has 1 unspecified atom stereocenters. The van der Waals surface area contributed by atoms with Gasteiger partial charge in [0.2, 0.25) is 0 Å². The maximum absolute atomic E-state index is 13.0. The monoisotopic (exact) mass is 392 g/mol. The lowest BCUT2D eigenvalue weighted by Crippen LogP contribution is -2.40. The molecule has 4 rings (SSSR count). The molecule has 26 heavy (non-hydrogen) atoms. The lowest BCUT2D eigenvalue weighted by atomic mass is 9.89. The van der Waals surface area contributed by atoms with Crippen LogP contribution in [0.4, 0.5) is 0 Å². The van der Waals surface area contributed by atoms with Crippen LogP contribution in [-0.4, -0.2) is 36.5 Å². The second-order valence-electron chi connectivity index (χ2n) is 6.82. The van der Waals surface area contributed by atoms with E-state index in [9.17, 15) is 4.79 Å². The zero-order valence-corrected chi connectivity index (χ0v) is 15.9. The van der Waals surface area contributed by atoms with E-state index < -0.39 is 6.10 Å². The minimum Gasteiger partial charge on any atom is -0.480 e. The molecular formula is C20H22Cl2N2O2. The van der Waals surface area contributed by atoms with Gasteiger partial charge >= 0.3 is 0 Å². The molecule has 0 saturated carbocycles. The van der Waals surface area contributed by atoms with Crippen molar-refractivity contribution in [1.82, 2.24) is 4.90 Å². The standard InChI is InChI=1S/C20H21ClN2O2.ClH/c21-16-6-7-18-14(8-16)9-19(25-18)20(24)23-11-15(10-22)17(12-23)13-4-2-1-3-5-13;/h1-8,15,17,19H,9-12,22H2;1H/t15-,17+,19?;/m1./s1. The van der Waals surface area contributed by atoms with Crippen molar-refractivity contribution in [2.75, 3.05) is 19.6 Å². The summed E-state index contributed by atoms with van der Waals surface area (Å²) in [6.45, 7) is 1.96. The van der Waals surface area contributed by atoms with Gasteiger partial charge in [-0.05, 0) is 41.8 Å². The number of fused-ring (bicyclic) bond motifs is 1. The number of nitrogens with two attached hydrogens (primary N) is 1. The van der Waals surface area contributed by atoms with Crippen LogP contribution in [0.2, 0.25) is 5.02 Å². The lowest BCUT2D eigenvalue weighted by molar-refractivity contribution is -0.137. The van der Waals surface area contributed by atoms with Crippen molar-refractivity contribution >= 4 is 29.9 Å². The van der Waals surface area contributed by atoms with Crippen LogP contribution in [0.15, 0.2) is 48.5 Å². The zero-order chi connectivity index (χ0) is 17.4. The molecule has 1 amide bonds. The fourth-order valence-electron chi connectivity index (χ4n) is 3.93. The van der Waals surface area contributed by atoms with Crippen molar-refractivity contribution in [3.8, 4) is 5.75 Å². The predicted molar refractivity (Wildman–Crippen MR) is 105 cm³/mol. The van der Waals surface area contributed by atoms with Gasteiger partial charge in [-0.1, -0.05) is 41.9 Å². The second kappa shape index (κ2) is 7.87. The molecule has 0 spiro atoms. The number of rotatable bonds is 3. The van der Waals surface area contributed by atoms with Gasteiger partial charge in [0.1, 0.15) is 5.75 Å². The van der Waals surface area contributed by atoms with Gasteiger partial charge in [-0.3, -0.25) is 4.79 Å². The topological polar surface area (TPSA) is 55.6 Å². The van der Waals surface area contributed by atoms with E-state index in [-0.39, 0.29) is 30.2 Å². The molecule has 2 aromatic rings. The number of carbonyl (C=O) groups excluding carboxylic acids is 1. The highest BCUT2D eigenvalue weighted by Gasteiger charge is 2.40. The van der Waals surface area contributed by atoms with Gasteiger partial charge in [0.05, 0.1) is 0 Å². The molecular weight excluding hydrogens is 371 g/mol. The molecule has 2 aliphatic heterocycles. The summed E-state index contributed by atoms with van der Waals surface area (Å²) in [4.78, 5) is 14.9. The smallest absolute Gasteiger partial charge is 0.264 e. The SMILES string of the molecule is Cl.NC[C@@H]1CN(C(=O)C2Cc3cc(Cl)ccc3O2)C[C@H]1c1ccccc1. The molecule has 2 N–H and O–H groups in total. The number of ether oxygens (including phenoxy) is 1. The Kier molecular flexibility index (Phi) is 5.76. The normalized spacial score (nSPS) is 23.9. The molecule has 6 heteroatoms. The van der Waals surface area contributed by atoms with Gasteiger partial charge < -0.3 is 15.4 Å². The molecule has 4 nitrogen and oxygen atoms in total. The van der Waals surface area contributed by atoms with Crippen LogP contribution in [0.5, 0.6) is 5.75 Å². The van der Waals surface area contributed by atoms with Crippen LogP contribution < -0.4 is 10.5 Å². The van der Waals surface area contributed by atoms with Crippen molar-refractivity contribution in [2.24, 2.45) is 11.7 Å². The largest absolute Gasteiger partial charge is 0.480 e. The third-order valence-electron chi connectivity index (χ3n) is 5.26. The van der Waals surface area contributed by atoms with E-state index in [2.05, 4.69) is 12.1 Å². The van der Waals surface area contributed by atoms with Crippen LogP contribution >= 0.6 is 24.0 Å². The summed E-state index contributed by atoms with van der Waals surface area (Å²) in [6, 6.07) is 15.8. The Morgan fingerprint density at radius 3 is 2.69 bits per heavy atom. The van der Waals surface area contributed by atoms with Crippen molar-refractivity contribution in [3.63, 3.8) is 0 Å². The molecule has 0 bridgehead atoms.